The highest BCUT2D eigenvalue weighted by Gasteiger charge is 2.68. The van der Waals surface area contributed by atoms with Gasteiger partial charge in [-0.15, -0.1) is 12.4 Å². The summed E-state index contributed by atoms with van der Waals surface area (Å²) in [5, 5.41) is 12.9. The topological polar surface area (TPSA) is 136 Å². The zero-order valence-electron chi connectivity index (χ0n) is 16.9. The predicted octanol–water partition coefficient (Wildman–Crippen LogP) is 1.27. The van der Waals surface area contributed by atoms with Gasteiger partial charge in [0.05, 0.1) is 23.9 Å². The molecule has 7 nitrogen and oxygen atoms in total. The number of halogens is 1. The minimum absolute atomic E-state index is 0. The van der Waals surface area contributed by atoms with Crippen LogP contribution in [0.5, 0.6) is 0 Å². The third kappa shape index (κ3) is 3.74. The largest absolute Gasteiger partial charge is 0.481 e. The third-order valence-corrected chi connectivity index (χ3v) is 7.29. The second-order valence-electron chi connectivity index (χ2n) is 9.33. The lowest BCUT2D eigenvalue weighted by Crippen LogP contribution is -2.72. The molecule has 4 aliphatic rings. The zero-order chi connectivity index (χ0) is 20.8. The molecule has 1 aromatic rings. The molecular weight excluding hydrogens is 406 g/mol. The van der Waals surface area contributed by atoms with E-state index in [9.17, 15) is 19.5 Å². The van der Waals surface area contributed by atoms with Gasteiger partial charge in [0.1, 0.15) is 0 Å². The van der Waals surface area contributed by atoms with Crippen LogP contribution in [0, 0.1) is 23.2 Å². The molecule has 4 aliphatic carbocycles. The van der Waals surface area contributed by atoms with Crippen molar-refractivity contribution in [1.82, 2.24) is 5.32 Å². The summed E-state index contributed by atoms with van der Waals surface area (Å²) in [5.74, 6) is -1.90. The van der Waals surface area contributed by atoms with Gasteiger partial charge in [-0.1, -0.05) is 30.3 Å². The van der Waals surface area contributed by atoms with E-state index >= 15 is 0 Å². The Morgan fingerprint density at radius 3 is 2.23 bits per heavy atom. The molecule has 1 aromatic carbocycles. The van der Waals surface area contributed by atoms with Gasteiger partial charge >= 0.3 is 5.97 Å². The van der Waals surface area contributed by atoms with E-state index in [4.69, 9.17) is 11.5 Å². The normalized spacial score (nSPS) is 34.7. The Hall–Kier alpha value is -1.96. The van der Waals surface area contributed by atoms with E-state index in [1.807, 2.05) is 30.3 Å². The highest BCUT2D eigenvalue weighted by Crippen LogP contribution is 2.64. The second kappa shape index (κ2) is 8.29. The minimum atomic E-state index is -1.13. The standard InChI is InChI=1S/C22H29N3O4.ClH/c23-12-17(26)25-16(7-13-4-2-1-3-5-13)18(27)19-21(20(28)29)8-14-6-15(9-21)11-22(19,24)10-14;/h1-5,14-16,19H,6-12,23-24H2,(H,25,26)(H,28,29);1H/t14?,15?,16-,19?,21?,22?;/m0./s1. The summed E-state index contributed by atoms with van der Waals surface area (Å²) in [5.41, 5.74) is 11.2. The van der Waals surface area contributed by atoms with Crippen LogP contribution in [0.15, 0.2) is 30.3 Å². The van der Waals surface area contributed by atoms with E-state index in [1.165, 1.54) is 0 Å². The SMILES string of the molecule is Cl.NCC(=O)N[C@@H](Cc1ccccc1)C(=O)C1C2(N)CC3CC(C2)CC1(C(=O)O)C3. The van der Waals surface area contributed by atoms with Gasteiger partial charge < -0.3 is 21.9 Å². The number of nitrogens with one attached hydrogen (secondary N) is 1. The van der Waals surface area contributed by atoms with Crippen molar-refractivity contribution < 1.29 is 19.5 Å². The van der Waals surface area contributed by atoms with E-state index in [-0.39, 0.29) is 36.6 Å². The van der Waals surface area contributed by atoms with Gasteiger partial charge in [-0.3, -0.25) is 14.4 Å². The first-order valence-electron chi connectivity index (χ1n) is 10.4. The number of benzene rings is 1. The van der Waals surface area contributed by atoms with Gasteiger partial charge in [-0.2, -0.15) is 0 Å². The molecule has 4 saturated carbocycles. The first-order valence-corrected chi connectivity index (χ1v) is 10.4. The number of hydrogen-bond donors (Lipinski definition) is 4. The molecule has 3 unspecified atom stereocenters. The van der Waals surface area contributed by atoms with Crippen molar-refractivity contribution in [3.8, 4) is 0 Å². The van der Waals surface area contributed by atoms with Crippen LogP contribution in [0.25, 0.3) is 0 Å². The number of aliphatic carboxylic acids is 1. The Morgan fingerprint density at radius 2 is 1.70 bits per heavy atom. The van der Waals surface area contributed by atoms with Crippen molar-refractivity contribution in [3.05, 3.63) is 35.9 Å². The van der Waals surface area contributed by atoms with Crippen LogP contribution < -0.4 is 16.8 Å². The molecule has 8 heteroatoms. The van der Waals surface area contributed by atoms with Crippen LogP contribution in [0.2, 0.25) is 0 Å². The lowest BCUT2D eigenvalue weighted by molar-refractivity contribution is -0.185. The number of carboxylic acids is 1. The molecule has 0 aromatic heterocycles. The Morgan fingerprint density at radius 1 is 1.10 bits per heavy atom. The maximum Gasteiger partial charge on any atom is 0.310 e. The van der Waals surface area contributed by atoms with Gasteiger partial charge in [0.25, 0.3) is 0 Å². The Kier molecular flexibility index (Phi) is 6.28. The van der Waals surface area contributed by atoms with E-state index in [2.05, 4.69) is 5.32 Å². The predicted molar refractivity (Wildman–Crippen MR) is 114 cm³/mol. The summed E-state index contributed by atoms with van der Waals surface area (Å²) in [4.78, 5) is 38.3. The summed E-state index contributed by atoms with van der Waals surface area (Å²) < 4.78 is 0. The van der Waals surface area contributed by atoms with Crippen LogP contribution in [0.3, 0.4) is 0 Å². The average molecular weight is 436 g/mol. The van der Waals surface area contributed by atoms with E-state index < -0.39 is 34.8 Å². The molecule has 0 aliphatic heterocycles. The van der Waals surface area contributed by atoms with Gasteiger partial charge in [0, 0.05) is 5.54 Å². The third-order valence-electron chi connectivity index (χ3n) is 7.29. The van der Waals surface area contributed by atoms with Crippen LogP contribution in [0.1, 0.15) is 37.7 Å². The molecule has 0 saturated heterocycles. The fourth-order valence-corrected chi connectivity index (χ4v) is 6.62. The number of rotatable bonds is 7. The number of amides is 1. The van der Waals surface area contributed by atoms with Crippen molar-refractivity contribution in [1.29, 1.82) is 0 Å². The molecule has 164 valence electrons. The number of nitrogens with two attached hydrogens (primary N) is 2. The summed E-state index contributed by atoms with van der Waals surface area (Å²) in [6, 6.07) is 8.55. The van der Waals surface area contributed by atoms with Gasteiger partial charge in [0.2, 0.25) is 5.91 Å². The summed E-state index contributed by atoms with van der Waals surface area (Å²) in [6.07, 6.45) is 3.65. The fourth-order valence-electron chi connectivity index (χ4n) is 6.62. The van der Waals surface area contributed by atoms with Crippen LogP contribution in [-0.4, -0.2) is 40.9 Å². The molecule has 5 rings (SSSR count). The number of carbonyl (C=O) groups excluding carboxylic acids is 2. The number of carboxylic acid groups (broad SMARTS) is 1. The molecule has 4 atom stereocenters. The van der Waals surface area contributed by atoms with E-state index in [0.29, 0.717) is 32.1 Å². The molecule has 1 amide bonds. The molecule has 0 radical (unpaired) electrons. The van der Waals surface area contributed by atoms with Crippen molar-refractivity contribution in [2.75, 3.05) is 6.54 Å². The van der Waals surface area contributed by atoms with Crippen molar-refractivity contribution in [3.63, 3.8) is 0 Å². The van der Waals surface area contributed by atoms with Gasteiger partial charge in [0.15, 0.2) is 5.78 Å². The number of Topliss-reactive ketones (excluding diaryl/α,β-unsaturated/α-hetero) is 1. The number of hydrogen-bond acceptors (Lipinski definition) is 5. The highest BCUT2D eigenvalue weighted by atomic mass is 35.5. The molecule has 4 fully saturated rings. The van der Waals surface area contributed by atoms with Gasteiger partial charge in [-0.25, -0.2) is 0 Å². The molecule has 0 heterocycles. The van der Waals surface area contributed by atoms with Crippen molar-refractivity contribution in [2.24, 2.45) is 34.6 Å². The molecule has 6 N–H and O–H groups in total. The quantitative estimate of drug-likeness (QED) is 0.509. The fraction of sp³-hybridized carbons (Fsp3) is 0.591. The molecule has 0 spiro atoms. The maximum absolute atomic E-state index is 13.8. The molecule has 30 heavy (non-hydrogen) atoms. The Balaban J connectivity index is 0.00000256. The first-order chi connectivity index (χ1) is 13.8. The van der Waals surface area contributed by atoms with E-state index in [0.717, 1.165) is 12.0 Å². The monoisotopic (exact) mass is 435 g/mol. The maximum atomic E-state index is 13.8. The van der Waals surface area contributed by atoms with Crippen molar-refractivity contribution >= 4 is 30.1 Å². The lowest BCUT2D eigenvalue weighted by Gasteiger charge is -2.63. The second-order valence-corrected chi connectivity index (χ2v) is 9.33. The Labute approximate surface area is 182 Å². The smallest absolute Gasteiger partial charge is 0.310 e. The number of carbonyl (C=O) groups is 3. The summed E-state index contributed by atoms with van der Waals surface area (Å²) in [6.45, 7) is -0.231. The molecule has 4 bridgehead atoms. The first kappa shape index (κ1) is 22.7. The minimum Gasteiger partial charge on any atom is -0.481 e. The van der Waals surface area contributed by atoms with Crippen molar-refractivity contribution in [2.45, 2.75) is 50.1 Å². The Bertz CT molecular complexity index is 817. The van der Waals surface area contributed by atoms with Crippen LogP contribution >= 0.6 is 12.4 Å². The number of ketones is 1. The summed E-state index contributed by atoms with van der Waals surface area (Å²) in [7, 11) is 0. The van der Waals surface area contributed by atoms with Gasteiger partial charge in [-0.05, 0) is 55.9 Å². The van der Waals surface area contributed by atoms with Crippen LogP contribution in [-0.2, 0) is 20.8 Å². The summed E-state index contributed by atoms with van der Waals surface area (Å²) >= 11 is 0. The lowest BCUT2D eigenvalue weighted by atomic mass is 9.41. The zero-order valence-corrected chi connectivity index (χ0v) is 17.7. The van der Waals surface area contributed by atoms with Crippen LogP contribution in [0.4, 0.5) is 0 Å². The van der Waals surface area contributed by atoms with E-state index in [1.54, 1.807) is 0 Å². The molecular formula is C22H30ClN3O4. The highest BCUT2D eigenvalue weighted by molar-refractivity contribution is 5.96. The average Bonchev–Trinajstić information content (AvgIpc) is 2.66.